The second kappa shape index (κ2) is 6.64. The van der Waals surface area contributed by atoms with Crippen LogP contribution in [0.4, 0.5) is 0 Å². The van der Waals surface area contributed by atoms with Gasteiger partial charge < -0.3 is 15.5 Å². The van der Waals surface area contributed by atoms with Crippen molar-refractivity contribution >= 4 is 11.6 Å². The Balaban J connectivity index is 1.78. The van der Waals surface area contributed by atoms with Gasteiger partial charge in [0, 0.05) is 12.3 Å². The van der Waals surface area contributed by atoms with Crippen LogP contribution in [-0.2, 0) is 6.42 Å². The molecule has 1 heterocycles. The zero-order chi connectivity index (χ0) is 17.1. The summed E-state index contributed by atoms with van der Waals surface area (Å²) in [4.78, 5) is 28.5. The lowest BCUT2D eigenvalue weighted by Crippen LogP contribution is -2.38. The average Bonchev–Trinajstić information content (AvgIpc) is 2.60. The number of benzene rings is 1. The molecule has 2 aromatic rings. The summed E-state index contributed by atoms with van der Waals surface area (Å²) in [5, 5.41) is 21.8. The number of aromatic nitrogens is 1. The third-order valence-electron chi connectivity index (χ3n) is 3.80. The minimum Gasteiger partial charge on any atom is -0.508 e. The first-order chi connectivity index (χ1) is 11.6. The second-order valence-electron chi connectivity index (χ2n) is 5.55. The SMILES string of the molecule is O=C1C(N[C@H](CO)Cc2ccc(O)cc2)=CC(=O)c2ncccc21. The van der Waals surface area contributed by atoms with Gasteiger partial charge in [-0.3, -0.25) is 14.6 Å². The monoisotopic (exact) mass is 324 g/mol. The molecule has 1 aromatic heterocycles. The molecule has 6 nitrogen and oxygen atoms in total. The van der Waals surface area contributed by atoms with E-state index in [9.17, 15) is 19.8 Å². The van der Waals surface area contributed by atoms with Gasteiger partial charge in [0.25, 0.3) is 0 Å². The maximum Gasteiger partial charge on any atom is 0.211 e. The Hall–Kier alpha value is -2.99. The van der Waals surface area contributed by atoms with E-state index in [2.05, 4.69) is 10.3 Å². The van der Waals surface area contributed by atoms with Gasteiger partial charge in [0.05, 0.1) is 23.9 Å². The minimum atomic E-state index is -0.434. The van der Waals surface area contributed by atoms with E-state index in [0.717, 1.165) is 5.56 Å². The number of carbonyl (C=O) groups excluding carboxylic acids is 2. The number of ketones is 2. The molecule has 0 saturated carbocycles. The fourth-order valence-corrected chi connectivity index (χ4v) is 2.60. The van der Waals surface area contributed by atoms with Crippen LogP contribution in [0.2, 0.25) is 0 Å². The highest BCUT2D eigenvalue weighted by molar-refractivity contribution is 6.23. The first kappa shape index (κ1) is 15.9. The van der Waals surface area contributed by atoms with Crippen LogP contribution in [0.15, 0.2) is 54.4 Å². The van der Waals surface area contributed by atoms with Crippen molar-refractivity contribution in [1.29, 1.82) is 0 Å². The number of nitrogens with one attached hydrogen (secondary N) is 1. The molecule has 3 rings (SSSR count). The fourth-order valence-electron chi connectivity index (χ4n) is 2.60. The van der Waals surface area contributed by atoms with E-state index in [1.54, 1.807) is 36.4 Å². The molecule has 0 spiro atoms. The second-order valence-corrected chi connectivity index (χ2v) is 5.55. The molecule has 0 amide bonds. The lowest BCUT2D eigenvalue weighted by molar-refractivity contribution is 0.0970. The molecule has 0 bridgehead atoms. The molecular weight excluding hydrogens is 308 g/mol. The lowest BCUT2D eigenvalue weighted by Gasteiger charge is -2.21. The van der Waals surface area contributed by atoms with Crippen molar-refractivity contribution in [3.05, 3.63) is 71.2 Å². The molecule has 1 aliphatic rings. The summed E-state index contributed by atoms with van der Waals surface area (Å²) >= 11 is 0. The van der Waals surface area contributed by atoms with Gasteiger partial charge in [0.15, 0.2) is 0 Å². The Labute approximate surface area is 138 Å². The van der Waals surface area contributed by atoms with Crippen LogP contribution in [0.25, 0.3) is 0 Å². The quantitative estimate of drug-likeness (QED) is 0.765. The van der Waals surface area contributed by atoms with Crippen LogP contribution in [0.1, 0.15) is 26.4 Å². The molecule has 6 heteroatoms. The lowest BCUT2D eigenvalue weighted by atomic mass is 9.96. The predicted molar refractivity (Wildman–Crippen MR) is 86.8 cm³/mol. The fraction of sp³-hybridized carbons (Fsp3) is 0.167. The van der Waals surface area contributed by atoms with Gasteiger partial charge in [0.2, 0.25) is 11.6 Å². The number of phenols is 1. The first-order valence-corrected chi connectivity index (χ1v) is 7.49. The average molecular weight is 324 g/mol. The smallest absolute Gasteiger partial charge is 0.211 e. The van der Waals surface area contributed by atoms with E-state index in [1.807, 2.05) is 0 Å². The Morgan fingerprint density at radius 2 is 1.88 bits per heavy atom. The highest BCUT2D eigenvalue weighted by atomic mass is 16.3. The summed E-state index contributed by atoms with van der Waals surface area (Å²) in [6, 6.07) is 9.32. The summed E-state index contributed by atoms with van der Waals surface area (Å²) in [5.41, 5.74) is 1.44. The number of carbonyl (C=O) groups is 2. The number of aliphatic hydroxyl groups excluding tert-OH is 1. The number of nitrogens with zero attached hydrogens (tertiary/aromatic N) is 1. The number of pyridine rings is 1. The van der Waals surface area contributed by atoms with Gasteiger partial charge in [0.1, 0.15) is 11.4 Å². The third-order valence-corrected chi connectivity index (χ3v) is 3.80. The normalized spacial score (nSPS) is 14.8. The van der Waals surface area contributed by atoms with Gasteiger partial charge in [-0.25, -0.2) is 0 Å². The van der Waals surface area contributed by atoms with E-state index in [0.29, 0.717) is 6.42 Å². The summed E-state index contributed by atoms with van der Waals surface area (Å²) in [5.74, 6) is -0.497. The van der Waals surface area contributed by atoms with Crippen LogP contribution in [0, 0.1) is 0 Å². The zero-order valence-electron chi connectivity index (χ0n) is 12.8. The van der Waals surface area contributed by atoms with Crippen LogP contribution < -0.4 is 5.32 Å². The maximum absolute atomic E-state index is 12.5. The van der Waals surface area contributed by atoms with Gasteiger partial charge in [-0.05, 0) is 36.2 Å². The molecule has 1 aliphatic carbocycles. The summed E-state index contributed by atoms with van der Waals surface area (Å²) in [7, 11) is 0. The van der Waals surface area contributed by atoms with Crippen LogP contribution in [0.5, 0.6) is 5.75 Å². The standard InChI is InChI=1S/C18H16N2O4/c21-10-12(8-11-3-5-13(22)6-4-11)20-15-9-16(23)17-14(18(15)24)2-1-7-19-17/h1-7,9,12,20-22H,8,10H2/t12-/m0/s1. The number of Topliss-reactive ketones (excluding diaryl/α,β-unsaturated/α-hetero) is 1. The van der Waals surface area contributed by atoms with E-state index >= 15 is 0 Å². The van der Waals surface area contributed by atoms with Crippen molar-refractivity contribution in [2.24, 2.45) is 0 Å². The van der Waals surface area contributed by atoms with E-state index in [4.69, 9.17) is 0 Å². The van der Waals surface area contributed by atoms with Crippen molar-refractivity contribution in [3.8, 4) is 5.75 Å². The summed E-state index contributed by atoms with van der Waals surface area (Å²) < 4.78 is 0. The van der Waals surface area contributed by atoms with Crippen molar-refractivity contribution < 1.29 is 19.8 Å². The molecule has 122 valence electrons. The number of aliphatic hydroxyl groups is 1. The molecule has 3 N–H and O–H groups in total. The molecule has 24 heavy (non-hydrogen) atoms. The highest BCUT2D eigenvalue weighted by Gasteiger charge is 2.27. The van der Waals surface area contributed by atoms with Gasteiger partial charge in [-0.2, -0.15) is 0 Å². The first-order valence-electron chi connectivity index (χ1n) is 7.49. The highest BCUT2D eigenvalue weighted by Crippen LogP contribution is 2.19. The van der Waals surface area contributed by atoms with Crippen LogP contribution in [0.3, 0.4) is 0 Å². The molecule has 1 aromatic carbocycles. The number of hydrogen-bond acceptors (Lipinski definition) is 6. The van der Waals surface area contributed by atoms with Gasteiger partial charge in [-0.1, -0.05) is 12.1 Å². The largest absolute Gasteiger partial charge is 0.508 e. The topological polar surface area (TPSA) is 99.5 Å². The number of hydrogen-bond donors (Lipinski definition) is 3. The summed E-state index contributed by atoms with van der Waals surface area (Å²) in [6.07, 6.45) is 3.13. The van der Waals surface area contributed by atoms with Gasteiger partial charge >= 0.3 is 0 Å². The van der Waals surface area contributed by atoms with Gasteiger partial charge in [-0.15, -0.1) is 0 Å². The Bertz CT molecular complexity index is 812. The van der Waals surface area contributed by atoms with E-state index in [1.165, 1.54) is 12.3 Å². The Kier molecular flexibility index (Phi) is 4.39. The molecule has 0 aliphatic heterocycles. The molecule has 0 unspecified atom stereocenters. The zero-order valence-corrected chi connectivity index (χ0v) is 12.8. The molecule has 1 atom stereocenters. The number of phenolic OH excluding ortho intramolecular Hbond substituents is 1. The van der Waals surface area contributed by atoms with Crippen LogP contribution >= 0.6 is 0 Å². The van der Waals surface area contributed by atoms with Crippen molar-refractivity contribution in [1.82, 2.24) is 10.3 Å². The maximum atomic E-state index is 12.5. The number of allylic oxidation sites excluding steroid dienone is 2. The van der Waals surface area contributed by atoms with Crippen molar-refractivity contribution in [2.75, 3.05) is 6.61 Å². The number of aromatic hydroxyl groups is 1. The van der Waals surface area contributed by atoms with E-state index in [-0.39, 0.29) is 40.9 Å². The molecule has 0 fully saturated rings. The van der Waals surface area contributed by atoms with E-state index < -0.39 is 6.04 Å². The Morgan fingerprint density at radius 3 is 2.58 bits per heavy atom. The Morgan fingerprint density at radius 1 is 1.12 bits per heavy atom. The molecule has 0 saturated heterocycles. The predicted octanol–water partition coefficient (Wildman–Crippen LogP) is 1.24. The number of rotatable bonds is 5. The number of fused-ring (bicyclic) bond motifs is 1. The molecular formula is C18H16N2O4. The van der Waals surface area contributed by atoms with Crippen molar-refractivity contribution in [3.63, 3.8) is 0 Å². The van der Waals surface area contributed by atoms with Crippen molar-refractivity contribution in [2.45, 2.75) is 12.5 Å². The molecule has 0 radical (unpaired) electrons. The summed E-state index contributed by atoms with van der Waals surface area (Å²) in [6.45, 7) is -0.209. The van der Waals surface area contributed by atoms with Crippen LogP contribution in [-0.4, -0.2) is 39.4 Å². The minimum absolute atomic E-state index is 0.145. The third kappa shape index (κ3) is 3.18.